The molecule has 0 saturated carbocycles. The summed E-state index contributed by atoms with van der Waals surface area (Å²) < 4.78 is 30.7. The molecule has 0 fully saturated rings. The predicted octanol–water partition coefficient (Wildman–Crippen LogP) is 4.85. The third kappa shape index (κ3) is 3.75. The molecule has 0 aromatic heterocycles. The minimum atomic E-state index is -0.456. The number of ether oxygens (including phenoxy) is 3. The number of rotatable bonds is 6. The van der Waals surface area contributed by atoms with Gasteiger partial charge in [-0.05, 0) is 42.3 Å². The van der Waals surface area contributed by atoms with Crippen molar-refractivity contribution in [2.24, 2.45) is 0 Å². The fourth-order valence-electron chi connectivity index (χ4n) is 4.26. The molecule has 2 N–H and O–H groups in total. The van der Waals surface area contributed by atoms with Gasteiger partial charge in [-0.15, -0.1) is 0 Å². The van der Waals surface area contributed by atoms with Gasteiger partial charge in [0.2, 0.25) is 0 Å². The highest BCUT2D eigenvalue weighted by Gasteiger charge is 2.33. The van der Waals surface area contributed by atoms with E-state index in [0.717, 1.165) is 40.3 Å². The SMILES string of the molecule is COc1ccc(CCNc2ccc3c(c2)COC3=C2C(=O)Nc3c(F)cccc32)c(OC)c1. The molecule has 1 amide bonds. The molecule has 0 spiro atoms. The molecule has 3 aromatic carbocycles. The Morgan fingerprint density at radius 3 is 2.76 bits per heavy atom. The van der Waals surface area contributed by atoms with E-state index in [4.69, 9.17) is 14.2 Å². The van der Waals surface area contributed by atoms with Gasteiger partial charge in [0.15, 0.2) is 0 Å². The highest BCUT2D eigenvalue weighted by atomic mass is 19.1. The number of hydrogen-bond acceptors (Lipinski definition) is 5. The van der Waals surface area contributed by atoms with Crippen LogP contribution in [0, 0.1) is 5.82 Å². The van der Waals surface area contributed by atoms with E-state index in [2.05, 4.69) is 10.6 Å². The van der Waals surface area contributed by atoms with Crippen LogP contribution >= 0.6 is 0 Å². The molecule has 0 atom stereocenters. The topological polar surface area (TPSA) is 68.8 Å². The maximum absolute atomic E-state index is 14.1. The Morgan fingerprint density at radius 1 is 1.06 bits per heavy atom. The molecule has 2 aliphatic rings. The first kappa shape index (κ1) is 20.9. The summed E-state index contributed by atoms with van der Waals surface area (Å²) in [6.07, 6.45) is 0.776. The Kier molecular flexibility index (Phi) is 5.38. The van der Waals surface area contributed by atoms with Gasteiger partial charge in [0.05, 0.1) is 25.5 Å². The van der Waals surface area contributed by atoms with Crippen LogP contribution in [0.3, 0.4) is 0 Å². The lowest BCUT2D eigenvalue weighted by Crippen LogP contribution is -2.07. The van der Waals surface area contributed by atoms with Gasteiger partial charge in [0, 0.05) is 35.0 Å². The number of anilines is 2. The Hall–Kier alpha value is -4.00. The molecule has 168 valence electrons. The lowest BCUT2D eigenvalue weighted by molar-refractivity contribution is -0.110. The van der Waals surface area contributed by atoms with E-state index in [9.17, 15) is 9.18 Å². The van der Waals surface area contributed by atoms with E-state index in [1.807, 2.05) is 36.4 Å². The van der Waals surface area contributed by atoms with Gasteiger partial charge in [-0.2, -0.15) is 0 Å². The Morgan fingerprint density at radius 2 is 1.94 bits per heavy atom. The number of hydrogen-bond donors (Lipinski definition) is 2. The van der Waals surface area contributed by atoms with Gasteiger partial charge >= 0.3 is 0 Å². The molecule has 2 aliphatic heterocycles. The summed E-state index contributed by atoms with van der Waals surface area (Å²) in [4.78, 5) is 12.6. The van der Waals surface area contributed by atoms with Crippen LogP contribution in [-0.4, -0.2) is 26.7 Å². The van der Waals surface area contributed by atoms with Gasteiger partial charge in [0.25, 0.3) is 5.91 Å². The molecule has 0 radical (unpaired) electrons. The average Bonchev–Trinajstić information content (AvgIpc) is 3.39. The van der Waals surface area contributed by atoms with E-state index in [0.29, 0.717) is 30.0 Å². The number of para-hydroxylation sites is 1. The monoisotopic (exact) mass is 446 g/mol. The van der Waals surface area contributed by atoms with Crippen LogP contribution in [0.15, 0.2) is 54.6 Å². The number of carbonyl (C=O) groups excluding carboxylic acids is 1. The van der Waals surface area contributed by atoms with E-state index in [-0.39, 0.29) is 11.6 Å². The summed E-state index contributed by atoms with van der Waals surface area (Å²) in [6.45, 7) is 1.07. The summed E-state index contributed by atoms with van der Waals surface area (Å²) in [6, 6.07) is 16.4. The van der Waals surface area contributed by atoms with Gasteiger partial charge in [-0.3, -0.25) is 4.79 Å². The zero-order valence-corrected chi connectivity index (χ0v) is 18.3. The van der Waals surface area contributed by atoms with Crippen LogP contribution in [0.2, 0.25) is 0 Å². The normalized spacial score (nSPS) is 16.0. The molecule has 7 heteroatoms. The number of fused-ring (bicyclic) bond motifs is 2. The summed E-state index contributed by atoms with van der Waals surface area (Å²) in [7, 11) is 3.28. The maximum Gasteiger partial charge on any atom is 0.260 e. The number of halogens is 1. The Labute approximate surface area is 191 Å². The second-order valence-corrected chi connectivity index (χ2v) is 7.84. The van der Waals surface area contributed by atoms with Crippen molar-refractivity contribution in [2.45, 2.75) is 13.0 Å². The Bertz CT molecular complexity index is 1290. The molecule has 3 aromatic rings. The number of amides is 1. The van der Waals surface area contributed by atoms with Crippen molar-refractivity contribution in [3.63, 3.8) is 0 Å². The van der Waals surface area contributed by atoms with Crippen molar-refractivity contribution in [1.29, 1.82) is 0 Å². The molecule has 0 unspecified atom stereocenters. The van der Waals surface area contributed by atoms with Gasteiger partial charge < -0.3 is 24.8 Å². The van der Waals surface area contributed by atoms with Crippen molar-refractivity contribution in [3.05, 3.63) is 82.7 Å². The average molecular weight is 446 g/mol. The fourth-order valence-corrected chi connectivity index (χ4v) is 4.26. The second kappa shape index (κ2) is 8.50. The van der Waals surface area contributed by atoms with Crippen molar-refractivity contribution in [1.82, 2.24) is 0 Å². The van der Waals surface area contributed by atoms with Crippen molar-refractivity contribution in [2.75, 3.05) is 31.4 Å². The molecule has 6 nitrogen and oxygen atoms in total. The zero-order valence-electron chi connectivity index (χ0n) is 18.3. The number of nitrogens with one attached hydrogen (secondary N) is 2. The summed E-state index contributed by atoms with van der Waals surface area (Å²) in [5.41, 5.74) is 4.96. The van der Waals surface area contributed by atoms with E-state index >= 15 is 0 Å². The summed E-state index contributed by atoms with van der Waals surface area (Å²) >= 11 is 0. The summed E-state index contributed by atoms with van der Waals surface area (Å²) in [5, 5.41) is 6.04. The van der Waals surface area contributed by atoms with E-state index in [1.165, 1.54) is 6.07 Å². The first-order valence-corrected chi connectivity index (χ1v) is 10.6. The van der Waals surface area contributed by atoms with E-state index < -0.39 is 5.82 Å². The minimum Gasteiger partial charge on any atom is -0.497 e. The molecule has 33 heavy (non-hydrogen) atoms. The third-order valence-corrected chi connectivity index (χ3v) is 5.92. The minimum absolute atomic E-state index is 0.203. The van der Waals surface area contributed by atoms with Crippen LogP contribution in [-0.2, 0) is 22.6 Å². The molecule has 0 aliphatic carbocycles. The molecular formula is C26H23FN2O4. The first-order chi connectivity index (χ1) is 16.1. The van der Waals surface area contributed by atoms with E-state index in [1.54, 1.807) is 26.4 Å². The molecular weight excluding hydrogens is 423 g/mol. The lowest BCUT2D eigenvalue weighted by Gasteiger charge is -2.12. The van der Waals surface area contributed by atoms with Gasteiger partial charge in [-0.25, -0.2) is 4.39 Å². The lowest BCUT2D eigenvalue weighted by atomic mass is 10.00. The largest absolute Gasteiger partial charge is 0.497 e. The van der Waals surface area contributed by atoms with Crippen LogP contribution in [0.5, 0.6) is 11.5 Å². The maximum atomic E-state index is 14.1. The highest BCUT2D eigenvalue weighted by molar-refractivity contribution is 6.36. The van der Waals surface area contributed by atoms with Crippen LogP contribution in [0.25, 0.3) is 11.3 Å². The zero-order chi connectivity index (χ0) is 22.9. The first-order valence-electron chi connectivity index (χ1n) is 10.6. The van der Waals surface area contributed by atoms with Gasteiger partial charge in [0.1, 0.15) is 29.7 Å². The van der Waals surface area contributed by atoms with Crippen molar-refractivity contribution < 1.29 is 23.4 Å². The standard InChI is InChI=1S/C26H23FN2O4/c1-31-18-8-6-15(22(13-18)32-2)10-11-28-17-7-9-19-16(12-17)14-33-25(19)23-20-4-3-5-21(27)24(20)29-26(23)30/h3-9,12-13,28H,10-11,14H2,1-2H3,(H,29,30). The number of carbonyl (C=O) groups is 1. The number of benzene rings is 3. The summed E-state index contributed by atoms with van der Waals surface area (Å²) in [5.74, 6) is 1.23. The Balaban J connectivity index is 1.34. The van der Waals surface area contributed by atoms with Crippen LogP contribution in [0.1, 0.15) is 22.3 Å². The quantitative estimate of drug-likeness (QED) is 0.530. The van der Waals surface area contributed by atoms with Crippen LogP contribution < -0.4 is 20.1 Å². The van der Waals surface area contributed by atoms with Crippen molar-refractivity contribution in [3.8, 4) is 11.5 Å². The van der Waals surface area contributed by atoms with Crippen LogP contribution in [0.4, 0.5) is 15.8 Å². The van der Waals surface area contributed by atoms with Gasteiger partial charge in [-0.1, -0.05) is 18.2 Å². The molecule has 0 saturated heterocycles. The fraction of sp³-hybridized carbons (Fsp3) is 0.192. The molecule has 0 bridgehead atoms. The smallest absolute Gasteiger partial charge is 0.260 e. The number of methoxy groups -OCH3 is 2. The molecule has 5 rings (SSSR count). The highest BCUT2D eigenvalue weighted by Crippen LogP contribution is 2.42. The molecule has 2 heterocycles. The predicted molar refractivity (Wildman–Crippen MR) is 125 cm³/mol. The third-order valence-electron chi connectivity index (χ3n) is 5.92. The second-order valence-electron chi connectivity index (χ2n) is 7.84. The van der Waals surface area contributed by atoms with Crippen molar-refractivity contribution >= 4 is 28.6 Å².